The molecule has 1 saturated heterocycles. The van der Waals surface area contributed by atoms with E-state index in [9.17, 15) is 22.8 Å². The zero-order valence-corrected chi connectivity index (χ0v) is 15.1. The highest BCUT2D eigenvalue weighted by atomic mass is 19.4. The first kappa shape index (κ1) is 19.9. The molecule has 2 aromatic rings. The monoisotopic (exact) mass is 394 g/mol. The van der Waals surface area contributed by atoms with Gasteiger partial charge in [-0.15, -0.1) is 0 Å². The minimum Gasteiger partial charge on any atom is -0.338 e. The van der Waals surface area contributed by atoms with Gasteiger partial charge in [0.1, 0.15) is 0 Å². The molecule has 3 rings (SSSR count). The Morgan fingerprint density at radius 2 is 2.00 bits per heavy atom. The van der Waals surface area contributed by atoms with Gasteiger partial charge in [-0.25, -0.2) is 0 Å². The predicted molar refractivity (Wildman–Crippen MR) is 96.5 cm³/mol. The molecule has 0 saturated carbocycles. The summed E-state index contributed by atoms with van der Waals surface area (Å²) in [5.41, 5.74) is 0.0918. The number of nitrogens with one attached hydrogen (secondary N) is 2. The largest absolute Gasteiger partial charge is 0.416 e. The van der Waals surface area contributed by atoms with Crippen molar-refractivity contribution < 1.29 is 22.8 Å². The molecule has 0 unspecified atom stereocenters. The lowest BCUT2D eigenvalue weighted by atomic mass is 9.93. The Balaban J connectivity index is 1.47. The summed E-state index contributed by atoms with van der Waals surface area (Å²) in [4.78, 5) is 26.3. The summed E-state index contributed by atoms with van der Waals surface area (Å²) in [7, 11) is 0. The average Bonchev–Trinajstić information content (AvgIpc) is 3.20. The predicted octanol–water partition coefficient (Wildman–Crippen LogP) is 3.70. The molecule has 1 atom stereocenters. The van der Waals surface area contributed by atoms with E-state index in [4.69, 9.17) is 0 Å². The molecule has 9 heteroatoms. The third-order valence-electron chi connectivity index (χ3n) is 4.83. The Labute approximate surface area is 160 Å². The highest BCUT2D eigenvalue weighted by molar-refractivity contribution is 5.93. The first-order chi connectivity index (χ1) is 13.3. The number of halogens is 3. The van der Waals surface area contributed by atoms with Crippen molar-refractivity contribution in [3.8, 4) is 0 Å². The standard InChI is InChI=1S/C19H21F3N4O2/c20-19(21,22)15-4-6-16(7-5-15)25-17(27)8-3-13-2-1-9-26(12-13)18(28)14-10-23-24-11-14/h4-7,10-11,13H,1-3,8-9,12H2,(H,23,24)(H,25,27)/t13-/m0/s1. The summed E-state index contributed by atoms with van der Waals surface area (Å²) >= 11 is 0. The van der Waals surface area contributed by atoms with Crippen LogP contribution in [0.5, 0.6) is 0 Å². The average molecular weight is 394 g/mol. The van der Waals surface area contributed by atoms with E-state index in [1.165, 1.54) is 18.3 Å². The van der Waals surface area contributed by atoms with Crippen molar-refractivity contribution in [2.75, 3.05) is 18.4 Å². The lowest BCUT2D eigenvalue weighted by Crippen LogP contribution is -2.40. The zero-order valence-electron chi connectivity index (χ0n) is 15.1. The minimum absolute atomic E-state index is 0.0762. The van der Waals surface area contributed by atoms with Crippen LogP contribution in [0.25, 0.3) is 0 Å². The smallest absolute Gasteiger partial charge is 0.338 e. The number of hydrogen-bond acceptors (Lipinski definition) is 3. The number of H-pyrrole nitrogens is 1. The Morgan fingerprint density at radius 3 is 2.64 bits per heavy atom. The van der Waals surface area contributed by atoms with E-state index >= 15 is 0 Å². The zero-order chi connectivity index (χ0) is 20.1. The molecule has 28 heavy (non-hydrogen) atoms. The molecule has 6 nitrogen and oxygen atoms in total. The molecule has 1 aliphatic heterocycles. The second-order valence-electron chi connectivity index (χ2n) is 6.91. The summed E-state index contributed by atoms with van der Waals surface area (Å²) in [5.74, 6) is -0.117. The lowest BCUT2D eigenvalue weighted by Gasteiger charge is -2.32. The number of alkyl halides is 3. The topological polar surface area (TPSA) is 78.1 Å². The van der Waals surface area contributed by atoms with Gasteiger partial charge in [0, 0.05) is 31.4 Å². The van der Waals surface area contributed by atoms with Crippen molar-refractivity contribution in [1.82, 2.24) is 15.1 Å². The molecule has 1 aliphatic rings. The van der Waals surface area contributed by atoms with Crippen LogP contribution in [0.15, 0.2) is 36.7 Å². The van der Waals surface area contributed by atoms with E-state index < -0.39 is 11.7 Å². The quantitative estimate of drug-likeness (QED) is 0.812. The molecule has 1 aromatic carbocycles. The molecule has 0 bridgehead atoms. The van der Waals surface area contributed by atoms with Crippen LogP contribution in [-0.4, -0.2) is 40.0 Å². The molecule has 0 aliphatic carbocycles. The third kappa shape index (κ3) is 5.11. The van der Waals surface area contributed by atoms with Gasteiger partial charge in [0.15, 0.2) is 0 Å². The molecule has 0 radical (unpaired) electrons. The number of carbonyl (C=O) groups is 2. The Morgan fingerprint density at radius 1 is 1.25 bits per heavy atom. The number of benzene rings is 1. The molecular weight excluding hydrogens is 373 g/mol. The van der Waals surface area contributed by atoms with E-state index in [0.29, 0.717) is 30.8 Å². The van der Waals surface area contributed by atoms with Gasteiger partial charge in [-0.1, -0.05) is 0 Å². The van der Waals surface area contributed by atoms with E-state index in [2.05, 4.69) is 15.5 Å². The molecule has 2 amide bonds. The van der Waals surface area contributed by atoms with Gasteiger partial charge in [0.25, 0.3) is 5.91 Å². The number of rotatable bonds is 5. The van der Waals surface area contributed by atoms with Crippen LogP contribution in [-0.2, 0) is 11.0 Å². The number of piperidine rings is 1. The number of hydrogen-bond donors (Lipinski definition) is 2. The Kier molecular flexibility index (Phi) is 6.01. The van der Waals surface area contributed by atoms with Crippen molar-refractivity contribution in [3.63, 3.8) is 0 Å². The van der Waals surface area contributed by atoms with Crippen LogP contribution in [0.4, 0.5) is 18.9 Å². The molecule has 150 valence electrons. The van der Waals surface area contributed by atoms with Gasteiger partial charge in [-0.3, -0.25) is 14.7 Å². The Hall–Kier alpha value is -2.84. The fourth-order valence-electron chi connectivity index (χ4n) is 3.34. The highest BCUT2D eigenvalue weighted by Crippen LogP contribution is 2.30. The summed E-state index contributed by atoms with van der Waals surface area (Å²) < 4.78 is 37.7. The molecule has 2 N–H and O–H groups in total. The van der Waals surface area contributed by atoms with Crippen LogP contribution in [0.1, 0.15) is 41.6 Å². The second-order valence-corrected chi connectivity index (χ2v) is 6.91. The normalized spacial score (nSPS) is 17.4. The van der Waals surface area contributed by atoms with Gasteiger partial charge < -0.3 is 10.2 Å². The number of likely N-dealkylation sites (tertiary alicyclic amines) is 1. The van der Waals surface area contributed by atoms with Crippen molar-refractivity contribution in [2.24, 2.45) is 5.92 Å². The first-order valence-corrected chi connectivity index (χ1v) is 9.08. The van der Waals surface area contributed by atoms with Crippen LogP contribution >= 0.6 is 0 Å². The first-order valence-electron chi connectivity index (χ1n) is 9.08. The van der Waals surface area contributed by atoms with Crippen LogP contribution in [0.2, 0.25) is 0 Å². The number of nitrogens with zero attached hydrogens (tertiary/aromatic N) is 2. The lowest BCUT2D eigenvalue weighted by molar-refractivity contribution is -0.137. The van der Waals surface area contributed by atoms with E-state index in [-0.39, 0.29) is 24.2 Å². The number of amides is 2. The van der Waals surface area contributed by atoms with Crippen molar-refractivity contribution in [3.05, 3.63) is 47.8 Å². The highest BCUT2D eigenvalue weighted by Gasteiger charge is 2.30. The molecule has 1 aromatic heterocycles. The van der Waals surface area contributed by atoms with Crippen molar-refractivity contribution >= 4 is 17.5 Å². The van der Waals surface area contributed by atoms with Gasteiger partial charge in [0.05, 0.1) is 17.3 Å². The van der Waals surface area contributed by atoms with Crippen molar-refractivity contribution in [1.29, 1.82) is 0 Å². The van der Waals surface area contributed by atoms with Gasteiger partial charge in [-0.05, 0) is 49.4 Å². The van der Waals surface area contributed by atoms with Crippen LogP contribution in [0.3, 0.4) is 0 Å². The maximum atomic E-state index is 12.6. The van der Waals surface area contributed by atoms with Crippen LogP contribution < -0.4 is 5.32 Å². The summed E-state index contributed by atoms with van der Waals surface area (Å²) in [6, 6.07) is 4.37. The molecule has 0 spiro atoms. The summed E-state index contributed by atoms with van der Waals surface area (Å²) in [6.07, 6.45) is 1.31. The molecule has 1 fully saturated rings. The number of anilines is 1. The van der Waals surface area contributed by atoms with Gasteiger partial charge >= 0.3 is 6.18 Å². The van der Waals surface area contributed by atoms with E-state index in [1.54, 1.807) is 11.1 Å². The summed E-state index contributed by atoms with van der Waals surface area (Å²) in [5, 5.41) is 9.03. The number of aromatic amines is 1. The van der Waals surface area contributed by atoms with Gasteiger partial charge in [-0.2, -0.15) is 18.3 Å². The fraction of sp³-hybridized carbons (Fsp3) is 0.421. The molecule has 2 heterocycles. The second kappa shape index (κ2) is 8.45. The third-order valence-corrected chi connectivity index (χ3v) is 4.83. The summed E-state index contributed by atoms with van der Waals surface area (Å²) in [6.45, 7) is 1.26. The van der Waals surface area contributed by atoms with Crippen LogP contribution in [0, 0.1) is 5.92 Å². The van der Waals surface area contributed by atoms with E-state index in [0.717, 1.165) is 25.0 Å². The Bertz CT molecular complexity index is 804. The number of carbonyl (C=O) groups excluding carboxylic acids is 2. The fourth-order valence-corrected chi connectivity index (χ4v) is 3.34. The molecular formula is C19H21F3N4O2. The SMILES string of the molecule is O=C(CC[C@@H]1CCCN(C(=O)c2cn[nH]c2)C1)Nc1ccc(C(F)(F)F)cc1. The van der Waals surface area contributed by atoms with Crippen molar-refractivity contribution in [2.45, 2.75) is 31.9 Å². The maximum Gasteiger partial charge on any atom is 0.416 e. The minimum atomic E-state index is -4.40. The van der Waals surface area contributed by atoms with E-state index in [1.807, 2.05) is 0 Å². The number of aromatic nitrogens is 2. The van der Waals surface area contributed by atoms with Gasteiger partial charge in [0.2, 0.25) is 5.91 Å². The maximum absolute atomic E-state index is 12.6.